The van der Waals surface area contributed by atoms with E-state index < -0.39 is 51.2 Å². The number of imidazole rings is 1. The number of aliphatic hydroxyl groups excluding tert-OH is 2. The number of hydrogen-bond acceptors (Lipinski definition) is 11. The summed E-state index contributed by atoms with van der Waals surface area (Å²) in [6.45, 7) is -5.00. The van der Waals surface area contributed by atoms with E-state index in [1.54, 1.807) is 0 Å². The van der Waals surface area contributed by atoms with Crippen LogP contribution in [0.2, 0.25) is 0 Å². The first-order chi connectivity index (χ1) is 12.9. The Balaban J connectivity index is 1.79. The smallest absolute Gasteiger partial charge is 0.387 e. The summed E-state index contributed by atoms with van der Waals surface area (Å²) in [7, 11) is -5.11. The van der Waals surface area contributed by atoms with E-state index >= 15 is 0 Å². The zero-order valence-corrected chi connectivity index (χ0v) is 16.2. The molecule has 0 saturated carbocycles. The third-order valence-corrected chi connectivity index (χ3v) is 6.74. The van der Waals surface area contributed by atoms with Crippen molar-refractivity contribution in [3.05, 3.63) is 16.7 Å². The standard InChI is InChI=1S/C10H15N5O10P2S/c11-10-13-7-4(8(18)14-10)12-2-15(7)9-6(17)5(16)3(24-9)1-23-27(22,28)25-26(19,20)21/h2-3,5-6,9,16-17H,1H2,(H,22,28)(H2,19,20,21)(H3,11,13,14,18)/t3-,5-,6-,9-,27?/m1/s1. The molecule has 8 N–H and O–H groups in total. The molecule has 1 saturated heterocycles. The van der Waals surface area contributed by atoms with Crippen molar-refractivity contribution in [1.29, 1.82) is 0 Å². The fourth-order valence-corrected chi connectivity index (χ4v) is 5.11. The van der Waals surface area contributed by atoms with Crippen molar-refractivity contribution in [3.8, 4) is 0 Å². The summed E-state index contributed by atoms with van der Waals surface area (Å²) in [6, 6.07) is 0. The quantitative estimate of drug-likeness (QED) is 0.224. The number of nitrogens with zero attached hydrogens (tertiary/aromatic N) is 3. The van der Waals surface area contributed by atoms with E-state index in [0.717, 1.165) is 10.9 Å². The van der Waals surface area contributed by atoms with Crippen molar-refractivity contribution in [1.82, 2.24) is 19.5 Å². The average molecular weight is 459 g/mol. The molecule has 156 valence electrons. The number of phosphoric acid groups is 1. The molecule has 5 atom stereocenters. The lowest BCUT2D eigenvalue weighted by Gasteiger charge is -2.19. The van der Waals surface area contributed by atoms with Crippen molar-refractivity contribution < 1.29 is 43.0 Å². The first-order valence-electron chi connectivity index (χ1n) is 7.36. The van der Waals surface area contributed by atoms with E-state index in [0.29, 0.717) is 0 Å². The van der Waals surface area contributed by atoms with E-state index in [1.807, 2.05) is 0 Å². The number of aliphatic hydroxyl groups is 2. The largest absolute Gasteiger partial charge is 0.476 e. The second kappa shape index (κ2) is 7.51. The molecule has 2 aromatic heterocycles. The third kappa shape index (κ3) is 4.48. The molecular formula is C10H15N5O10P2S. The number of nitrogens with two attached hydrogens (primary N) is 1. The predicted molar refractivity (Wildman–Crippen MR) is 94.1 cm³/mol. The second-order valence-corrected chi connectivity index (χ2v) is 9.87. The monoisotopic (exact) mass is 459 g/mol. The second-order valence-electron chi connectivity index (χ2n) is 5.66. The van der Waals surface area contributed by atoms with Crippen LogP contribution in [0, 0.1) is 0 Å². The van der Waals surface area contributed by atoms with Crippen LogP contribution in [0.25, 0.3) is 11.2 Å². The Morgan fingerprint density at radius 1 is 1.36 bits per heavy atom. The number of aromatic amines is 1. The Morgan fingerprint density at radius 2 is 2.04 bits per heavy atom. The van der Waals surface area contributed by atoms with Crippen molar-refractivity contribution in [2.24, 2.45) is 0 Å². The fourth-order valence-electron chi connectivity index (χ4n) is 2.55. The molecule has 1 unspecified atom stereocenters. The summed E-state index contributed by atoms with van der Waals surface area (Å²) >= 11 is 4.45. The highest BCUT2D eigenvalue weighted by molar-refractivity contribution is 8.08. The lowest BCUT2D eigenvalue weighted by atomic mass is 10.1. The zero-order valence-electron chi connectivity index (χ0n) is 13.6. The van der Waals surface area contributed by atoms with Crippen molar-refractivity contribution >= 4 is 43.5 Å². The number of hydrogen-bond donors (Lipinski definition) is 7. The Kier molecular flexibility index (Phi) is 5.75. The van der Waals surface area contributed by atoms with Crippen LogP contribution in [0.3, 0.4) is 0 Å². The van der Waals surface area contributed by atoms with Crippen molar-refractivity contribution in [2.45, 2.75) is 24.5 Å². The minimum atomic E-state index is -5.11. The van der Waals surface area contributed by atoms with Crippen LogP contribution in [-0.2, 0) is 29.9 Å². The summed E-state index contributed by atoms with van der Waals surface area (Å²) in [5.74, 6) is -0.206. The van der Waals surface area contributed by atoms with Gasteiger partial charge in [-0.3, -0.25) is 14.3 Å². The van der Waals surface area contributed by atoms with Crippen LogP contribution in [0.5, 0.6) is 0 Å². The molecule has 1 aliphatic rings. The summed E-state index contributed by atoms with van der Waals surface area (Å²) in [4.78, 5) is 48.8. The minimum absolute atomic E-state index is 0.0174. The van der Waals surface area contributed by atoms with Crippen LogP contribution < -0.4 is 11.3 Å². The van der Waals surface area contributed by atoms with Gasteiger partial charge in [0.2, 0.25) is 5.95 Å². The molecule has 0 amide bonds. The fraction of sp³-hybridized carbons (Fsp3) is 0.500. The first kappa shape index (κ1) is 21.4. The summed E-state index contributed by atoms with van der Waals surface area (Å²) in [5, 5.41) is 20.4. The van der Waals surface area contributed by atoms with Crippen LogP contribution in [0.4, 0.5) is 5.95 Å². The Hall–Kier alpha value is -1.29. The Labute approximate surface area is 160 Å². The molecule has 28 heavy (non-hydrogen) atoms. The van der Waals surface area contributed by atoms with E-state index in [9.17, 15) is 24.5 Å². The van der Waals surface area contributed by atoms with Gasteiger partial charge in [-0.15, -0.1) is 0 Å². The molecule has 2 aromatic rings. The molecule has 0 radical (unpaired) electrons. The SMILES string of the molecule is Nc1nc2c(ncn2[C@@H]2O[C@H](COP(O)(=S)OP(=O)(O)O)[C@@H](O)[C@H]2O)c(=O)[nH]1. The van der Waals surface area contributed by atoms with Gasteiger partial charge in [-0.2, -0.15) is 4.98 Å². The zero-order chi connectivity index (χ0) is 20.9. The molecule has 0 aromatic carbocycles. The highest BCUT2D eigenvalue weighted by Gasteiger charge is 2.45. The molecule has 3 rings (SSSR count). The number of fused-ring (bicyclic) bond motifs is 1. The van der Waals surface area contributed by atoms with Crippen LogP contribution >= 0.6 is 14.5 Å². The van der Waals surface area contributed by atoms with Gasteiger partial charge < -0.3 is 39.9 Å². The first-order valence-corrected chi connectivity index (χ1v) is 11.5. The lowest BCUT2D eigenvalue weighted by Crippen LogP contribution is -2.33. The van der Waals surface area contributed by atoms with E-state index in [4.69, 9.17) is 24.8 Å². The third-order valence-electron chi connectivity index (χ3n) is 3.67. The van der Waals surface area contributed by atoms with Crippen molar-refractivity contribution in [2.75, 3.05) is 12.3 Å². The Bertz CT molecular complexity index is 1040. The molecule has 0 bridgehead atoms. The lowest BCUT2D eigenvalue weighted by molar-refractivity contribution is -0.0486. The number of aromatic nitrogens is 4. The van der Waals surface area contributed by atoms with E-state index in [1.165, 1.54) is 0 Å². The van der Waals surface area contributed by atoms with Gasteiger partial charge in [-0.25, -0.2) is 13.9 Å². The summed E-state index contributed by atoms with van der Waals surface area (Å²) < 4.78 is 26.1. The summed E-state index contributed by atoms with van der Waals surface area (Å²) in [5.41, 5.74) is 4.77. The highest BCUT2D eigenvalue weighted by Crippen LogP contribution is 2.58. The van der Waals surface area contributed by atoms with E-state index in [2.05, 4.69) is 31.1 Å². The maximum atomic E-state index is 11.8. The van der Waals surface area contributed by atoms with Gasteiger partial charge in [-0.1, -0.05) is 0 Å². The maximum Gasteiger partial charge on any atom is 0.476 e. The van der Waals surface area contributed by atoms with Crippen LogP contribution in [0.1, 0.15) is 6.23 Å². The van der Waals surface area contributed by atoms with Gasteiger partial charge in [0.15, 0.2) is 17.4 Å². The average Bonchev–Trinajstić information content (AvgIpc) is 3.06. The number of nitrogens with one attached hydrogen (secondary N) is 1. The normalized spacial score (nSPS) is 27.9. The molecule has 1 fully saturated rings. The number of rotatable bonds is 6. The Morgan fingerprint density at radius 3 is 2.68 bits per heavy atom. The molecular weight excluding hydrogens is 444 g/mol. The minimum Gasteiger partial charge on any atom is -0.387 e. The number of anilines is 1. The number of ether oxygens (including phenoxy) is 1. The molecule has 3 heterocycles. The van der Waals surface area contributed by atoms with Crippen molar-refractivity contribution in [3.63, 3.8) is 0 Å². The predicted octanol–water partition coefficient (Wildman–Crippen LogP) is -2.34. The number of H-pyrrole nitrogens is 1. The summed E-state index contributed by atoms with van der Waals surface area (Å²) in [6.07, 6.45) is -4.48. The molecule has 0 spiro atoms. The maximum absolute atomic E-state index is 11.8. The molecule has 1 aliphatic heterocycles. The molecule has 15 nitrogen and oxygen atoms in total. The van der Waals surface area contributed by atoms with Gasteiger partial charge in [0.05, 0.1) is 12.9 Å². The van der Waals surface area contributed by atoms with Gasteiger partial charge in [-0.05, 0) is 11.8 Å². The number of nitrogen functional groups attached to an aromatic ring is 1. The molecule has 18 heteroatoms. The highest BCUT2D eigenvalue weighted by atomic mass is 32.5. The van der Waals surface area contributed by atoms with Gasteiger partial charge in [0.1, 0.15) is 18.3 Å². The topological polar surface area (TPSA) is 235 Å². The van der Waals surface area contributed by atoms with Gasteiger partial charge >= 0.3 is 14.5 Å². The molecule has 0 aliphatic carbocycles. The van der Waals surface area contributed by atoms with Crippen LogP contribution in [0.15, 0.2) is 11.1 Å². The van der Waals surface area contributed by atoms with Gasteiger partial charge in [0, 0.05) is 0 Å². The van der Waals surface area contributed by atoms with E-state index in [-0.39, 0.29) is 17.1 Å². The van der Waals surface area contributed by atoms with Gasteiger partial charge in [0.25, 0.3) is 5.56 Å². The van der Waals surface area contributed by atoms with Crippen LogP contribution in [-0.4, -0.2) is 69.3 Å².